The maximum absolute atomic E-state index is 11.9. The van der Waals surface area contributed by atoms with E-state index in [0.717, 1.165) is 37.6 Å². The number of hydrogen-bond acceptors (Lipinski definition) is 5. The third-order valence-corrected chi connectivity index (χ3v) is 6.47. The van der Waals surface area contributed by atoms with Gasteiger partial charge in [-0.3, -0.25) is 0 Å². The van der Waals surface area contributed by atoms with Gasteiger partial charge in [-0.15, -0.1) is 10.2 Å². The van der Waals surface area contributed by atoms with E-state index in [2.05, 4.69) is 19.7 Å². The monoisotopic (exact) mass is 312 g/mol. The molecule has 2 aliphatic rings. The molecule has 0 amide bonds. The number of nitrogens with zero attached hydrogens (tertiary/aromatic N) is 4. The average Bonchev–Trinajstić information content (AvgIpc) is 2.61. The maximum atomic E-state index is 11.9. The van der Waals surface area contributed by atoms with Crippen LogP contribution < -0.4 is 4.90 Å². The van der Waals surface area contributed by atoms with Gasteiger partial charge in [0.1, 0.15) is 5.82 Å². The second kappa shape index (κ2) is 5.59. The van der Waals surface area contributed by atoms with Crippen molar-refractivity contribution in [1.29, 1.82) is 0 Å². The highest BCUT2D eigenvalue weighted by Gasteiger charge is 2.30. The fraction of sp³-hybridized carbons (Fsp3) is 0.857. The van der Waals surface area contributed by atoms with Crippen LogP contribution in [0.4, 0.5) is 5.95 Å². The summed E-state index contributed by atoms with van der Waals surface area (Å²) in [7, 11) is -1.00. The Bertz CT molecular complexity index is 606. The van der Waals surface area contributed by atoms with Gasteiger partial charge in [0.05, 0.1) is 5.25 Å². The van der Waals surface area contributed by atoms with Crippen LogP contribution >= 0.6 is 0 Å². The Kier molecular flexibility index (Phi) is 3.94. The topological polar surface area (TPSA) is 68.1 Å². The molecular formula is C14H24N4O2S. The Morgan fingerprint density at radius 1 is 1.10 bits per heavy atom. The van der Waals surface area contributed by atoms with Crippen molar-refractivity contribution >= 4 is 15.8 Å². The van der Waals surface area contributed by atoms with Crippen LogP contribution in [0.5, 0.6) is 0 Å². The Morgan fingerprint density at radius 2 is 1.86 bits per heavy atom. The van der Waals surface area contributed by atoms with E-state index in [-0.39, 0.29) is 5.25 Å². The van der Waals surface area contributed by atoms with Crippen molar-refractivity contribution in [2.75, 3.05) is 24.2 Å². The van der Waals surface area contributed by atoms with E-state index in [9.17, 15) is 8.42 Å². The lowest BCUT2D eigenvalue weighted by molar-refractivity contribution is 0.392. The van der Waals surface area contributed by atoms with Gasteiger partial charge in [0.25, 0.3) is 0 Å². The van der Waals surface area contributed by atoms with Crippen molar-refractivity contribution in [3.63, 3.8) is 0 Å². The molecule has 1 aromatic rings. The van der Waals surface area contributed by atoms with Gasteiger partial charge in [-0.25, -0.2) is 8.42 Å². The highest BCUT2D eigenvalue weighted by atomic mass is 32.2. The molecule has 1 atom stereocenters. The number of aromatic nitrogens is 3. The zero-order valence-corrected chi connectivity index (χ0v) is 13.6. The molecule has 1 saturated heterocycles. The zero-order chi connectivity index (χ0) is 15.0. The zero-order valence-electron chi connectivity index (χ0n) is 12.8. The predicted octanol–water partition coefficient (Wildman–Crippen LogP) is 1.49. The fourth-order valence-corrected chi connectivity index (χ4v) is 4.31. The van der Waals surface area contributed by atoms with Gasteiger partial charge < -0.3 is 9.47 Å². The molecule has 1 aliphatic carbocycles. The molecule has 7 heteroatoms. The van der Waals surface area contributed by atoms with Crippen molar-refractivity contribution < 1.29 is 8.42 Å². The molecule has 0 aromatic carbocycles. The summed E-state index contributed by atoms with van der Waals surface area (Å²) < 4.78 is 25.9. The SMILES string of the molecule is Cn1c(C2CCC2)nnc1N1CCCCC(S(C)(=O)=O)C1. The minimum Gasteiger partial charge on any atom is -0.340 e. The summed E-state index contributed by atoms with van der Waals surface area (Å²) in [6.45, 7) is 1.40. The van der Waals surface area contributed by atoms with E-state index in [1.165, 1.54) is 25.5 Å². The smallest absolute Gasteiger partial charge is 0.227 e. The Labute approximate surface area is 126 Å². The molecule has 1 saturated carbocycles. The molecule has 1 aliphatic heterocycles. The van der Waals surface area contributed by atoms with E-state index in [4.69, 9.17) is 0 Å². The molecule has 1 aromatic heterocycles. The molecule has 0 N–H and O–H groups in total. The van der Waals surface area contributed by atoms with Gasteiger partial charge in [-0.1, -0.05) is 12.8 Å². The molecule has 21 heavy (non-hydrogen) atoms. The van der Waals surface area contributed by atoms with Crippen molar-refractivity contribution in [2.45, 2.75) is 49.7 Å². The predicted molar refractivity (Wildman–Crippen MR) is 82.3 cm³/mol. The minimum atomic E-state index is -3.01. The van der Waals surface area contributed by atoms with Crippen LogP contribution in [-0.2, 0) is 16.9 Å². The van der Waals surface area contributed by atoms with Crippen molar-refractivity contribution in [2.24, 2.45) is 7.05 Å². The summed E-state index contributed by atoms with van der Waals surface area (Å²) in [5, 5.41) is 8.41. The quantitative estimate of drug-likeness (QED) is 0.846. The van der Waals surface area contributed by atoms with Crippen LogP contribution in [0, 0.1) is 0 Å². The van der Waals surface area contributed by atoms with E-state index in [1.54, 1.807) is 0 Å². The summed E-state index contributed by atoms with van der Waals surface area (Å²) in [4.78, 5) is 2.11. The van der Waals surface area contributed by atoms with Crippen LogP contribution in [-0.4, -0.2) is 47.8 Å². The molecule has 2 heterocycles. The van der Waals surface area contributed by atoms with Crippen LogP contribution in [0.2, 0.25) is 0 Å². The molecule has 0 spiro atoms. The van der Waals surface area contributed by atoms with Crippen LogP contribution in [0.15, 0.2) is 0 Å². The van der Waals surface area contributed by atoms with Crippen molar-refractivity contribution in [1.82, 2.24) is 14.8 Å². The Hall–Kier alpha value is -1.11. The Balaban J connectivity index is 1.83. The number of rotatable bonds is 3. The highest BCUT2D eigenvalue weighted by Crippen LogP contribution is 2.36. The summed E-state index contributed by atoms with van der Waals surface area (Å²) in [5.74, 6) is 2.41. The second-order valence-corrected chi connectivity index (χ2v) is 8.76. The summed E-state index contributed by atoms with van der Waals surface area (Å²) in [6.07, 6.45) is 7.72. The van der Waals surface area contributed by atoms with Gasteiger partial charge in [-0.2, -0.15) is 0 Å². The molecule has 1 unspecified atom stereocenters. The molecule has 6 nitrogen and oxygen atoms in total. The Morgan fingerprint density at radius 3 is 2.48 bits per heavy atom. The first-order chi connectivity index (χ1) is 9.97. The summed E-state index contributed by atoms with van der Waals surface area (Å²) in [6, 6.07) is 0. The lowest BCUT2D eigenvalue weighted by Crippen LogP contribution is -2.36. The largest absolute Gasteiger partial charge is 0.340 e. The van der Waals surface area contributed by atoms with Gasteiger partial charge in [0.2, 0.25) is 5.95 Å². The van der Waals surface area contributed by atoms with Gasteiger partial charge in [-0.05, 0) is 25.7 Å². The lowest BCUT2D eigenvalue weighted by Gasteiger charge is -2.27. The average molecular weight is 312 g/mol. The van der Waals surface area contributed by atoms with Crippen molar-refractivity contribution in [3.05, 3.63) is 5.82 Å². The first-order valence-corrected chi connectivity index (χ1v) is 9.75. The van der Waals surface area contributed by atoms with Gasteiger partial charge in [0.15, 0.2) is 9.84 Å². The second-order valence-electron chi connectivity index (χ2n) is 6.44. The number of sulfone groups is 1. The van der Waals surface area contributed by atoms with Crippen LogP contribution in [0.25, 0.3) is 0 Å². The number of hydrogen-bond donors (Lipinski definition) is 0. The first-order valence-electron chi connectivity index (χ1n) is 7.80. The van der Waals surface area contributed by atoms with Gasteiger partial charge in [0, 0.05) is 32.3 Å². The third-order valence-electron chi connectivity index (χ3n) is 4.87. The van der Waals surface area contributed by atoms with E-state index < -0.39 is 9.84 Å². The molecule has 0 bridgehead atoms. The van der Waals surface area contributed by atoms with E-state index in [1.807, 2.05) is 7.05 Å². The molecule has 0 radical (unpaired) electrons. The lowest BCUT2D eigenvalue weighted by atomic mass is 9.85. The molecule has 2 fully saturated rings. The maximum Gasteiger partial charge on any atom is 0.227 e. The fourth-order valence-electron chi connectivity index (χ4n) is 3.26. The summed E-state index contributed by atoms with van der Waals surface area (Å²) in [5.41, 5.74) is 0. The minimum absolute atomic E-state index is 0.288. The van der Waals surface area contributed by atoms with Crippen LogP contribution in [0.3, 0.4) is 0 Å². The van der Waals surface area contributed by atoms with Gasteiger partial charge >= 0.3 is 0 Å². The molecule has 3 rings (SSSR count). The van der Waals surface area contributed by atoms with Crippen molar-refractivity contribution in [3.8, 4) is 0 Å². The highest BCUT2D eigenvalue weighted by molar-refractivity contribution is 7.91. The standard InChI is InChI=1S/C14H24N4O2S/c1-17-13(11-6-5-7-11)15-16-14(17)18-9-4-3-8-12(10-18)21(2,19)20/h11-12H,3-10H2,1-2H3. The first kappa shape index (κ1) is 14.8. The summed E-state index contributed by atoms with van der Waals surface area (Å²) >= 11 is 0. The van der Waals surface area contributed by atoms with E-state index in [0.29, 0.717) is 12.5 Å². The molecular weight excluding hydrogens is 288 g/mol. The third kappa shape index (κ3) is 2.93. The van der Waals surface area contributed by atoms with E-state index >= 15 is 0 Å². The normalized spacial score (nSPS) is 24.7. The van der Waals surface area contributed by atoms with Crippen LogP contribution in [0.1, 0.15) is 50.3 Å². The number of anilines is 1. The molecule has 118 valence electrons.